The van der Waals surface area contributed by atoms with Crippen molar-refractivity contribution in [2.45, 2.75) is 12.3 Å². The van der Waals surface area contributed by atoms with Crippen molar-refractivity contribution in [2.75, 3.05) is 6.61 Å². The van der Waals surface area contributed by atoms with Crippen molar-refractivity contribution in [2.24, 2.45) is 0 Å². The van der Waals surface area contributed by atoms with Crippen molar-refractivity contribution in [1.82, 2.24) is 0 Å². The average molecular weight is 238 g/mol. The molecule has 1 unspecified atom stereocenters. The molecule has 3 rings (SSSR count). The standard InChI is InChI=1S/C16H14O2/c17-13-10-15(12-6-2-1-3-7-12)14-8-4-5-9-16(14)18-11-13/h1-9,15H,10-11H2. The first-order valence-electron chi connectivity index (χ1n) is 6.13. The zero-order valence-electron chi connectivity index (χ0n) is 10.0. The number of hydrogen-bond acceptors (Lipinski definition) is 2. The van der Waals surface area contributed by atoms with E-state index in [0.29, 0.717) is 6.42 Å². The molecule has 0 saturated carbocycles. The number of rotatable bonds is 1. The number of ether oxygens (including phenoxy) is 1. The van der Waals surface area contributed by atoms with Crippen molar-refractivity contribution in [3.63, 3.8) is 0 Å². The Balaban J connectivity index is 2.09. The zero-order valence-corrected chi connectivity index (χ0v) is 10.0. The van der Waals surface area contributed by atoms with Crippen molar-refractivity contribution < 1.29 is 9.53 Å². The van der Waals surface area contributed by atoms with Gasteiger partial charge in [-0.05, 0) is 11.6 Å². The molecular weight excluding hydrogens is 224 g/mol. The van der Waals surface area contributed by atoms with Crippen molar-refractivity contribution >= 4 is 5.78 Å². The summed E-state index contributed by atoms with van der Waals surface area (Å²) in [5, 5.41) is 0. The molecule has 2 nitrogen and oxygen atoms in total. The fourth-order valence-corrected chi connectivity index (χ4v) is 2.44. The smallest absolute Gasteiger partial charge is 0.171 e. The first kappa shape index (κ1) is 11.0. The van der Waals surface area contributed by atoms with E-state index in [-0.39, 0.29) is 18.3 Å². The van der Waals surface area contributed by atoms with Crippen molar-refractivity contribution in [1.29, 1.82) is 0 Å². The van der Waals surface area contributed by atoms with Gasteiger partial charge in [0.1, 0.15) is 12.4 Å². The van der Waals surface area contributed by atoms with Gasteiger partial charge in [0.05, 0.1) is 0 Å². The predicted octanol–water partition coefficient (Wildman–Crippen LogP) is 3.17. The van der Waals surface area contributed by atoms with E-state index in [4.69, 9.17) is 4.74 Å². The molecule has 2 heteroatoms. The molecule has 90 valence electrons. The molecule has 2 aromatic carbocycles. The molecule has 0 radical (unpaired) electrons. The first-order chi connectivity index (χ1) is 8.84. The molecule has 0 saturated heterocycles. The number of ketones is 1. The Morgan fingerprint density at radius 2 is 1.67 bits per heavy atom. The van der Waals surface area contributed by atoms with Crippen LogP contribution in [0.4, 0.5) is 0 Å². The number of benzene rings is 2. The SMILES string of the molecule is O=C1COc2ccccc2C(c2ccccc2)C1. The molecule has 0 bridgehead atoms. The fourth-order valence-electron chi connectivity index (χ4n) is 2.44. The highest BCUT2D eigenvalue weighted by Gasteiger charge is 2.24. The number of para-hydroxylation sites is 1. The van der Waals surface area contributed by atoms with Crippen LogP contribution in [0.25, 0.3) is 0 Å². The number of fused-ring (bicyclic) bond motifs is 1. The van der Waals surface area contributed by atoms with Gasteiger partial charge in [0.2, 0.25) is 0 Å². The van der Waals surface area contributed by atoms with Gasteiger partial charge in [0.15, 0.2) is 5.78 Å². The number of Topliss-reactive ketones (excluding diaryl/α,β-unsaturated/α-hetero) is 1. The molecule has 2 aromatic rings. The quantitative estimate of drug-likeness (QED) is 0.762. The maximum atomic E-state index is 11.8. The molecule has 1 aliphatic heterocycles. The summed E-state index contributed by atoms with van der Waals surface area (Å²) in [6.07, 6.45) is 0.515. The maximum absolute atomic E-state index is 11.8. The highest BCUT2D eigenvalue weighted by Crippen LogP contribution is 2.36. The van der Waals surface area contributed by atoms with E-state index in [1.165, 1.54) is 5.56 Å². The molecule has 1 heterocycles. The minimum Gasteiger partial charge on any atom is -0.486 e. The molecular formula is C16H14O2. The van der Waals surface area contributed by atoms with Crippen molar-refractivity contribution in [3.8, 4) is 5.75 Å². The normalized spacial score (nSPS) is 18.7. The van der Waals surface area contributed by atoms with Crippen LogP contribution in [0.2, 0.25) is 0 Å². The molecule has 0 aromatic heterocycles. The lowest BCUT2D eigenvalue weighted by molar-refractivity contribution is -0.120. The molecule has 0 N–H and O–H groups in total. The molecule has 0 amide bonds. The fraction of sp³-hybridized carbons (Fsp3) is 0.188. The van der Waals surface area contributed by atoms with Gasteiger partial charge in [0, 0.05) is 17.9 Å². The van der Waals surface area contributed by atoms with E-state index in [0.717, 1.165) is 11.3 Å². The summed E-state index contributed by atoms with van der Waals surface area (Å²) in [5.41, 5.74) is 2.28. The third-order valence-corrected chi connectivity index (χ3v) is 3.32. The van der Waals surface area contributed by atoms with E-state index in [9.17, 15) is 4.79 Å². The molecule has 1 atom stereocenters. The zero-order chi connectivity index (χ0) is 12.4. The summed E-state index contributed by atoms with van der Waals surface area (Å²) in [6.45, 7) is 0.181. The second-order valence-corrected chi connectivity index (χ2v) is 4.53. The summed E-state index contributed by atoms with van der Waals surface area (Å²) >= 11 is 0. The van der Waals surface area contributed by atoms with Crippen LogP contribution in [0.1, 0.15) is 23.5 Å². The second kappa shape index (κ2) is 4.65. The third kappa shape index (κ3) is 2.02. The Bertz CT molecular complexity index is 560. The average Bonchev–Trinajstić information content (AvgIpc) is 2.60. The van der Waals surface area contributed by atoms with E-state index < -0.39 is 0 Å². The Kier molecular flexibility index (Phi) is 2.85. The number of hydrogen-bond donors (Lipinski definition) is 0. The summed E-state index contributed by atoms with van der Waals surface area (Å²) in [4.78, 5) is 11.8. The lowest BCUT2D eigenvalue weighted by atomic mass is 9.87. The van der Waals surface area contributed by atoms with E-state index in [2.05, 4.69) is 12.1 Å². The van der Waals surface area contributed by atoms with Crippen LogP contribution in [-0.4, -0.2) is 12.4 Å². The van der Waals surface area contributed by atoms with Crippen LogP contribution in [-0.2, 0) is 4.79 Å². The summed E-state index contributed by atoms with van der Waals surface area (Å²) in [7, 11) is 0. The molecule has 1 aliphatic rings. The monoisotopic (exact) mass is 238 g/mol. The molecule has 0 aliphatic carbocycles. The number of carbonyl (C=O) groups excluding carboxylic acids is 1. The van der Waals surface area contributed by atoms with E-state index in [1.807, 2.05) is 42.5 Å². The summed E-state index contributed by atoms with van der Waals surface area (Å²) < 4.78 is 5.56. The van der Waals surface area contributed by atoms with E-state index in [1.54, 1.807) is 0 Å². The lowest BCUT2D eigenvalue weighted by Gasteiger charge is -2.16. The van der Waals surface area contributed by atoms with Crippen LogP contribution in [0.5, 0.6) is 5.75 Å². The maximum Gasteiger partial charge on any atom is 0.171 e. The molecule has 0 fully saturated rings. The largest absolute Gasteiger partial charge is 0.486 e. The van der Waals surface area contributed by atoms with Crippen LogP contribution < -0.4 is 4.74 Å². The Hall–Kier alpha value is -2.09. The van der Waals surface area contributed by atoms with Crippen LogP contribution >= 0.6 is 0 Å². The minimum atomic E-state index is 0.109. The van der Waals surface area contributed by atoms with Crippen LogP contribution in [0, 0.1) is 0 Å². The summed E-state index contributed by atoms with van der Waals surface area (Å²) in [5.74, 6) is 1.09. The molecule has 0 spiro atoms. The third-order valence-electron chi connectivity index (χ3n) is 3.32. The van der Waals surface area contributed by atoms with Crippen LogP contribution in [0.15, 0.2) is 54.6 Å². The molecule has 18 heavy (non-hydrogen) atoms. The lowest BCUT2D eigenvalue weighted by Crippen LogP contribution is -2.10. The van der Waals surface area contributed by atoms with Gasteiger partial charge in [0.25, 0.3) is 0 Å². The van der Waals surface area contributed by atoms with Gasteiger partial charge in [-0.3, -0.25) is 4.79 Å². The van der Waals surface area contributed by atoms with Crippen LogP contribution in [0.3, 0.4) is 0 Å². The van der Waals surface area contributed by atoms with Gasteiger partial charge < -0.3 is 4.74 Å². The van der Waals surface area contributed by atoms with E-state index >= 15 is 0 Å². The van der Waals surface area contributed by atoms with Crippen molar-refractivity contribution in [3.05, 3.63) is 65.7 Å². The Morgan fingerprint density at radius 3 is 2.50 bits per heavy atom. The predicted molar refractivity (Wildman–Crippen MR) is 69.8 cm³/mol. The Labute approximate surface area is 106 Å². The Morgan fingerprint density at radius 1 is 0.944 bits per heavy atom. The van der Waals surface area contributed by atoms with Gasteiger partial charge in [-0.1, -0.05) is 48.5 Å². The number of carbonyl (C=O) groups is 1. The van der Waals surface area contributed by atoms with Gasteiger partial charge in [-0.15, -0.1) is 0 Å². The summed E-state index contributed by atoms with van der Waals surface area (Å²) in [6, 6.07) is 18.1. The minimum absolute atomic E-state index is 0.109. The highest BCUT2D eigenvalue weighted by molar-refractivity contribution is 5.82. The van der Waals surface area contributed by atoms with Gasteiger partial charge in [-0.2, -0.15) is 0 Å². The first-order valence-corrected chi connectivity index (χ1v) is 6.13. The topological polar surface area (TPSA) is 26.3 Å². The highest BCUT2D eigenvalue weighted by atomic mass is 16.5. The van der Waals surface area contributed by atoms with Gasteiger partial charge >= 0.3 is 0 Å². The second-order valence-electron chi connectivity index (χ2n) is 4.53. The van der Waals surface area contributed by atoms with Gasteiger partial charge in [-0.25, -0.2) is 0 Å².